The van der Waals surface area contributed by atoms with Crippen molar-refractivity contribution < 1.29 is 25.2 Å². The highest BCUT2D eigenvalue weighted by molar-refractivity contribution is 5.80. The maximum Gasteiger partial charge on any atom is 0.249 e. The summed E-state index contributed by atoms with van der Waals surface area (Å²) in [6.07, 6.45) is 91.6. The number of hydrogen-bond donors (Lipinski definition) is 5. The van der Waals surface area contributed by atoms with Gasteiger partial charge in [0.15, 0.2) is 0 Å². The second-order valence-corrected chi connectivity index (χ2v) is 26.0. The number of aliphatic hydroxyl groups excluding tert-OH is 4. The molecule has 0 radical (unpaired) electrons. The highest BCUT2D eigenvalue weighted by atomic mass is 16.3. The Hall–Kier alpha value is -1.47. The zero-order valence-corrected chi connectivity index (χ0v) is 55.5. The fraction of sp³-hybridized carbons (Fsp3) is 0.908. The largest absolute Gasteiger partial charge is 0.394 e. The van der Waals surface area contributed by atoms with Crippen LogP contribution < -0.4 is 5.32 Å². The molecule has 5 N–H and O–H groups in total. The average Bonchev–Trinajstić information content (AvgIpc) is 3.48. The summed E-state index contributed by atoms with van der Waals surface area (Å²) >= 11 is 0. The molecule has 6 heteroatoms. The standard InChI is InChI=1S/C76H147NO5/c1-3-5-7-9-11-13-15-17-19-21-23-25-27-29-31-33-35-37-38-40-42-44-46-48-50-52-54-56-58-60-62-64-66-68-70-74(80)76(82)77-72(71-78)75(81)73(79)69-67-65-63-61-59-57-55-53-51-49-47-45-43-41-39-36-34-32-30-28-26-24-22-20-18-16-14-12-10-8-6-4-2/h45,47,53,55,61,63,72-75,78-81H,3-44,46,48-52,54,56-60,62,64-71H2,1-2H3,(H,77,82)/b47-45+,55-53+,63-61+. The van der Waals surface area contributed by atoms with E-state index in [0.29, 0.717) is 19.3 Å². The van der Waals surface area contributed by atoms with Gasteiger partial charge in [0.25, 0.3) is 0 Å². The number of nitrogens with one attached hydrogen (secondary N) is 1. The Kier molecular flexibility index (Phi) is 69.0. The molecule has 0 saturated carbocycles. The number of amides is 1. The highest BCUT2D eigenvalue weighted by Crippen LogP contribution is 2.20. The van der Waals surface area contributed by atoms with E-state index in [0.717, 1.165) is 51.4 Å². The molecule has 0 spiro atoms. The minimum absolute atomic E-state index is 0.363. The lowest BCUT2D eigenvalue weighted by molar-refractivity contribution is -0.132. The number of hydrogen-bond acceptors (Lipinski definition) is 5. The van der Waals surface area contributed by atoms with Crippen molar-refractivity contribution in [1.82, 2.24) is 5.32 Å². The lowest BCUT2D eigenvalue weighted by atomic mass is 10.00. The summed E-state index contributed by atoms with van der Waals surface area (Å²) in [5.74, 6) is -0.592. The molecule has 82 heavy (non-hydrogen) atoms. The fourth-order valence-corrected chi connectivity index (χ4v) is 12.0. The zero-order chi connectivity index (χ0) is 59.4. The van der Waals surface area contributed by atoms with Crippen LogP contribution in [0.15, 0.2) is 36.5 Å². The Morgan fingerprint density at radius 3 is 0.768 bits per heavy atom. The monoisotopic (exact) mass is 1150 g/mol. The number of carbonyl (C=O) groups is 1. The molecule has 0 aromatic rings. The summed E-state index contributed by atoms with van der Waals surface area (Å²) in [6.45, 7) is 4.10. The maximum atomic E-state index is 12.7. The molecule has 4 atom stereocenters. The summed E-state index contributed by atoms with van der Waals surface area (Å²) in [4.78, 5) is 12.7. The first-order chi connectivity index (χ1) is 40.5. The van der Waals surface area contributed by atoms with Crippen LogP contribution in [0.25, 0.3) is 0 Å². The molecule has 0 aliphatic carbocycles. The van der Waals surface area contributed by atoms with Crippen LogP contribution in [0.4, 0.5) is 0 Å². The van der Waals surface area contributed by atoms with Crippen LogP contribution in [-0.2, 0) is 4.79 Å². The highest BCUT2D eigenvalue weighted by Gasteiger charge is 2.28. The molecule has 0 aliphatic heterocycles. The summed E-state index contributed by atoms with van der Waals surface area (Å²) in [5, 5.41) is 44.2. The van der Waals surface area contributed by atoms with E-state index in [1.807, 2.05) is 0 Å². The molecule has 4 unspecified atom stereocenters. The lowest BCUT2D eigenvalue weighted by Gasteiger charge is -2.27. The van der Waals surface area contributed by atoms with Gasteiger partial charge in [-0.15, -0.1) is 0 Å². The van der Waals surface area contributed by atoms with Gasteiger partial charge in [-0.25, -0.2) is 0 Å². The predicted octanol–water partition coefficient (Wildman–Crippen LogP) is 23.4. The van der Waals surface area contributed by atoms with Gasteiger partial charge in [0, 0.05) is 0 Å². The van der Waals surface area contributed by atoms with Gasteiger partial charge >= 0.3 is 0 Å². The molecule has 1 amide bonds. The second-order valence-electron chi connectivity index (χ2n) is 26.0. The molecule has 0 aromatic heterocycles. The molecule has 0 saturated heterocycles. The predicted molar refractivity (Wildman–Crippen MR) is 362 cm³/mol. The number of aliphatic hydroxyl groups is 4. The van der Waals surface area contributed by atoms with Crippen LogP contribution in [0.2, 0.25) is 0 Å². The van der Waals surface area contributed by atoms with Crippen molar-refractivity contribution in [3.63, 3.8) is 0 Å². The molecule has 6 nitrogen and oxygen atoms in total. The normalized spacial score (nSPS) is 13.6. The SMILES string of the molecule is CCCCCCCCCCCCCCCCCCCCC/C=C/CC/C=C/CC/C=C/CCCC(O)C(O)C(CO)NC(=O)C(O)CCCCCCCCCCCCCCCCCCCCCCCCCCCCCCCCCCCC. The van der Waals surface area contributed by atoms with Crippen molar-refractivity contribution in [2.24, 2.45) is 0 Å². The summed E-state index contributed by atoms with van der Waals surface area (Å²) < 4.78 is 0. The van der Waals surface area contributed by atoms with Gasteiger partial charge in [0.05, 0.1) is 18.8 Å². The number of carbonyl (C=O) groups excluding carboxylic acids is 1. The molecule has 0 heterocycles. The van der Waals surface area contributed by atoms with Crippen molar-refractivity contribution >= 4 is 5.91 Å². The van der Waals surface area contributed by atoms with E-state index in [9.17, 15) is 25.2 Å². The minimum Gasteiger partial charge on any atom is -0.394 e. The van der Waals surface area contributed by atoms with E-state index < -0.39 is 36.9 Å². The van der Waals surface area contributed by atoms with Crippen molar-refractivity contribution in [3.8, 4) is 0 Å². The van der Waals surface area contributed by atoms with Crippen LogP contribution in [0.1, 0.15) is 412 Å². The summed E-state index contributed by atoms with van der Waals surface area (Å²) in [7, 11) is 0. The fourth-order valence-electron chi connectivity index (χ4n) is 12.0. The van der Waals surface area contributed by atoms with Crippen molar-refractivity contribution in [1.29, 1.82) is 0 Å². The number of unbranched alkanes of at least 4 members (excludes halogenated alkanes) is 55. The third-order valence-corrected chi connectivity index (χ3v) is 17.8. The smallest absolute Gasteiger partial charge is 0.249 e. The molecule has 486 valence electrons. The lowest BCUT2D eigenvalue weighted by Crippen LogP contribution is -2.53. The van der Waals surface area contributed by atoms with Gasteiger partial charge < -0.3 is 25.7 Å². The van der Waals surface area contributed by atoms with Gasteiger partial charge in [-0.05, 0) is 64.2 Å². The molecule has 0 rings (SSSR count). The van der Waals surface area contributed by atoms with Crippen molar-refractivity contribution in [2.45, 2.75) is 436 Å². The van der Waals surface area contributed by atoms with Crippen LogP contribution in [-0.4, -0.2) is 57.3 Å². The van der Waals surface area contributed by atoms with Crippen LogP contribution in [0.3, 0.4) is 0 Å². The van der Waals surface area contributed by atoms with E-state index >= 15 is 0 Å². The van der Waals surface area contributed by atoms with Crippen molar-refractivity contribution in [2.75, 3.05) is 6.61 Å². The van der Waals surface area contributed by atoms with E-state index in [-0.39, 0.29) is 0 Å². The number of allylic oxidation sites excluding steroid dienone is 6. The van der Waals surface area contributed by atoms with Crippen LogP contribution in [0.5, 0.6) is 0 Å². The first kappa shape index (κ1) is 80.5. The van der Waals surface area contributed by atoms with E-state index in [1.165, 1.54) is 327 Å². The average molecular weight is 1160 g/mol. The van der Waals surface area contributed by atoms with E-state index in [2.05, 4.69) is 55.6 Å². The second kappa shape index (κ2) is 70.3. The van der Waals surface area contributed by atoms with Gasteiger partial charge in [-0.2, -0.15) is 0 Å². The Morgan fingerprint density at radius 1 is 0.293 bits per heavy atom. The van der Waals surface area contributed by atoms with E-state index in [4.69, 9.17) is 0 Å². The first-order valence-corrected chi connectivity index (χ1v) is 37.4. The zero-order valence-electron chi connectivity index (χ0n) is 55.5. The molecule has 0 aliphatic rings. The minimum atomic E-state index is -1.29. The molecule has 0 fully saturated rings. The summed E-state index contributed by atoms with van der Waals surface area (Å²) in [6, 6.07) is -1.01. The molecule has 0 bridgehead atoms. The Labute approximate surface area is 513 Å². The van der Waals surface area contributed by atoms with Gasteiger partial charge in [-0.3, -0.25) is 4.79 Å². The van der Waals surface area contributed by atoms with Crippen LogP contribution >= 0.6 is 0 Å². The molecule has 0 aromatic carbocycles. The van der Waals surface area contributed by atoms with Gasteiger partial charge in [0.2, 0.25) is 5.91 Å². The van der Waals surface area contributed by atoms with E-state index in [1.54, 1.807) is 0 Å². The quantitative estimate of drug-likeness (QED) is 0.0308. The van der Waals surface area contributed by atoms with Crippen molar-refractivity contribution in [3.05, 3.63) is 36.5 Å². The molecular formula is C76H147NO5. The third-order valence-electron chi connectivity index (χ3n) is 17.8. The Balaban J connectivity index is 3.57. The number of rotatable bonds is 70. The van der Waals surface area contributed by atoms with Gasteiger partial charge in [0.1, 0.15) is 12.2 Å². The molecular weight excluding hydrogens is 1010 g/mol. The van der Waals surface area contributed by atoms with Gasteiger partial charge in [-0.1, -0.05) is 384 Å². The van der Waals surface area contributed by atoms with Crippen LogP contribution in [0, 0.1) is 0 Å². The first-order valence-electron chi connectivity index (χ1n) is 37.4. The topological polar surface area (TPSA) is 110 Å². The maximum absolute atomic E-state index is 12.7. The summed E-state index contributed by atoms with van der Waals surface area (Å²) in [5.41, 5.74) is 0. The Bertz CT molecular complexity index is 1300. The Morgan fingerprint density at radius 2 is 0.512 bits per heavy atom. The third kappa shape index (κ3) is 63.0.